The number of hydrogen-bond acceptors (Lipinski definition) is 3. The largest absolute Gasteiger partial charge is 0.324 e. The van der Waals surface area contributed by atoms with E-state index in [0.29, 0.717) is 0 Å². The smallest absolute Gasteiger partial charge is 0.0706 e. The summed E-state index contributed by atoms with van der Waals surface area (Å²) in [4.78, 5) is 4.38. The van der Waals surface area contributed by atoms with Crippen LogP contribution in [0.1, 0.15) is 5.69 Å². The predicted molar refractivity (Wildman–Crippen MR) is 54.3 cm³/mol. The summed E-state index contributed by atoms with van der Waals surface area (Å²) in [6, 6.07) is 9.87. The minimum Gasteiger partial charge on any atom is -0.324 e. The first-order chi connectivity index (χ1) is 6.29. The van der Waals surface area contributed by atoms with Crippen LogP contribution in [0.4, 0.5) is 5.69 Å². The van der Waals surface area contributed by atoms with Gasteiger partial charge in [-0.15, -0.1) is 0 Å². The third-order valence-corrected chi connectivity index (χ3v) is 2.00. The minimum absolute atomic E-state index is 0.901. The second-order valence-corrected chi connectivity index (χ2v) is 3.00. The number of hydrazine groups is 1. The number of anilines is 1. The molecule has 0 unspecified atom stereocenters. The van der Waals surface area contributed by atoms with Gasteiger partial charge in [0.2, 0.25) is 0 Å². The molecule has 3 nitrogen and oxygen atoms in total. The fraction of sp³-hybridized carbons (Fsp3) is 0.100. The third kappa shape index (κ3) is 1.46. The van der Waals surface area contributed by atoms with Crippen LogP contribution in [-0.4, -0.2) is 4.98 Å². The maximum Gasteiger partial charge on any atom is 0.0706 e. The number of nitrogens with two attached hydrogens (primary N) is 1. The number of aryl methyl sites for hydroxylation is 1. The van der Waals surface area contributed by atoms with Gasteiger partial charge >= 0.3 is 0 Å². The van der Waals surface area contributed by atoms with Crippen molar-refractivity contribution >= 4 is 16.6 Å². The lowest BCUT2D eigenvalue weighted by molar-refractivity contribution is 1.25. The molecule has 0 aliphatic rings. The quantitative estimate of drug-likeness (QED) is 0.511. The van der Waals surface area contributed by atoms with Crippen molar-refractivity contribution in [2.45, 2.75) is 6.92 Å². The van der Waals surface area contributed by atoms with Gasteiger partial charge < -0.3 is 5.43 Å². The highest BCUT2D eigenvalue weighted by molar-refractivity contribution is 5.82. The Balaban J connectivity index is 2.66. The lowest BCUT2D eigenvalue weighted by atomic mass is 10.2. The van der Waals surface area contributed by atoms with Crippen LogP contribution in [0.2, 0.25) is 0 Å². The summed E-state index contributed by atoms with van der Waals surface area (Å²) in [5.41, 5.74) is 5.53. The molecule has 0 radical (unpaired) electrons. The van der Waals surface area contributed by atoms with Gasteiger partial charge in [0.05, 0.1) is 5.52 Å². The minimum atomic E-state index is 0.901. The second kappa shape index (κ2) is 3.03. The van der Waals surface area contributed by atoms with Gasteiger partial charge in [-0.3, -0.25) is 10.8 Å². The van der Waals surface area contributed by atoms with Crippen molar-refractivity contribution in [2.75, 3.05) is 5.43 Å². The molecule has 2 aromatic rings. The van der Waals surface area contributed by atoms with E-state index >= 15 is 0 Å². The molecule has 0 aliphatic carbocycles. The zero-order valence-electron chi connectivity index (χ0n) is 7.41. The monoisotopic (exact) mass is 173 g/mol. The average Bonchev–Trinajstić information content (AvgIpc) is 2.17. The number of benzene rings is 1. The van der Waals surface area contributed by atoms with E-state index in [2.05, 4.69) is 10.4 Å². The molecule has 0 amide bonds. The molecule has 3 N–H and O–H groups in total. The molecule has 13 heavy (non-hydrogen) atoms. The van der Waals surface area contributed by atoms with Crippen LogP contribution < -0.4 is 11.3 Å². The molecule has 3 heteroatoms. The zero-order valence-corrected chi connectivity index (χ0v) is 7.41. The highest BCUT2D eigenvalue weighted by Gasteiger charge is 1.95. The number of nitrogen functional groups attached to an aromatic ring is 1. The molecule has 0 aliphatic heterocycles. The van der Waals surface area contributed by atoms with E-state index in [1.165, 1.54) is 0 Å². The van der Waals surface area contributed by atoms with Gasteiger partial charge in [0, 0.05) is 16.8 Å². The van der Waals surface area contributed by atoms with Crippen LogP contribution in [-0.2, 0) is 0 Å². The molecule has 2 rings (SSSR count). The van der Waals surface area contributed by atoms with Crippen molar-refractivity contribution in [2.24, 2.45) is 5.84 Å². The summed E-state index contributed by atoms with van der Waals surface area (Å²) in [6.45, 7) is 1.98. The van der Waals surface area contributed by atoms with Gasteiger partial charge in [-0.25, -0.2) is 0 Å². The van der Waals surface area contributed by atoms with Crippen molar-refractivity contribution in [3.05, 3.63) is 36.0 Å². The van der Waals surface area contributed by atoms with Crippen molar-refractivity contribution < 1.29 is 0 Å². The van der Waals surface area contributed by atoms with Crippen LogP contribution in [0, 0.1) is 6.92 Å². The van der Waals surface area contributed by atoms with Crippen LogP contribution in [0.3, 0.4) is 0 Å². The SMILES string of the molecule is Cc1ccc2cc(NN)ccc2n1. The molecule has 1 aromatic heterocycles. The molecular formula is C10H11N3. The van der Waals surface area contributed by atoms with Gasteiger partial charge in [0.25, 0.3) is 0 Å². The Bertz CT molecular complexity index is 437. The molecule has 0 saturated carbocycles. The van der Waals surface area contributed by atoms with Crippen LogP contribution in [0.25, 0.3) is 10.9 Å². The maximum atomic E-state index is 5.30. The van der Waals surface area contributed by atoms with Gasteiger partial charge in [-0.05, 0) is 31.2 Å². The Kier molecular flexibility index (Phi) is 1.87. The molecule has 66 valence electrons. The first-order valence-corrected chi connectivity index (χ1v) is 4.13. The normalized spacial score (nSPS) is 10.3. The number of rotatable bonds is 1. The van der Waals surface area contributed by atoms with Gasteiger partial charge in [-0.2, -0.15) is 0 Å². The Labute approximate surface area is 76.6 Å². The Morgan fingerprint density at radius 2 is 2.08 bits per heavy atom. The van der Waals surface area contributed by atoms with E-state index in [0.717, 1.165) is 22.3 Å². The molecule has 1 heterocycles. The number of nitrogens with zero attached hydrogens (tertiary/aromatic N) is 1. The lowest BCUT2D eigenvalue weighted by Crippen LogP contribution is -2.06. The number of fused-ring (bicyclic) bond motifs is 1. The first-order valence-electron chi connectivity index (χ1n) is 4.13. The first kappa shape index (κ1) is 8.01. The standard InChI is InChI=1S/C10H11N3/c1-7-2-3-8-6-9(13-11)4-5-10(8)12-7/h2-6,13H,11H2,1H3. The van der Waals surface area contributed by atoms with Crippen molar-refractivity contribution in [1.82, 2.24) is 4.98 Å². The third-order valence-electron chi connectivity index (χ3n) is 2.00. The molecule has 0 fully saturated rings. The number of aromatic nitrogens is 1. The summed E-state index contributed by atoms with van der Waals surface area (Å²) >= 11 is 0. The number of nitrogens with one attached hydrogen (secondary N) is 1. The summed E-state index contributed by atoms with van der Waals surface area (Å²) in [6.07, 6.45) is 0. The molecule has 0 saturated heterocycles. The van der Waals surface area contributed by atoms with Gasteiger partial charge in [0.15, 0.2) is 0 Å². The van der Waals surface area contributed by atoms with Crippen LogP contribution >= 0.6 is 0 Å². The van der Waals surface area contributed by atoms with E-state index in [1.807, 2.05) is 37.3 Å². The van der Waals surface area contributed by atoms with Gasteiger partial charge in [0.1, 0.15) is 0 Å². The summed E-state index contributed by atoms with van der Waals surface area (Å²) < 4.78 is 0. The molecular weight excluding hydrogens is 162 g/mol. The number of hydrogen-bond donors (Lipinski definition) is 2. The van der Waals surface area contributed by atoms with E-state index < -0.39 is 0 Å². The fourth-order valence-corrected chi connectivity index (χ4v) is 1.32. The van der Waals surface area contributed by atoms with E-state index in [-0.39, 0.29) is 0 Å². The van der Waals surface area contributed by atoms with Crippen LogP contribution in [0.15, 0.2) is 30.3 Å². The molecule has 0 spiro atoms. The highest BCUT2D eigenvalue weighted by Crippen LogP contribution is 2.16. The second-order valence-electron chi connectivity index (χ2n) is 3.00. The van der Waals surface area contributed by atoms with Crippen molar-refractivity contribution in [3.8, 4) is 0 Å². The number of pyridine rings is 1. The van der Waals surface area contributed by atoms with Crippen molar-refractivity contribution in [3.63, 3.8) is 0 Å². The summed E-state index contributed by atoms with van der Waals surface area (Å²) in [5.74, 6) is 5.30. The topological polar surface area (TPSA) is 50.9 Å². The Morgan fingerprint density at radius 3 is 2.85 bits per heavy atom. The Morgan fingerprint density at radius 1 is 1.23 bits per heavy atom. The van der Waals surface area contributed by atoms with E-state index in [1.54, 1.807) is 0 Å². The summed E-state index contributed by atoms with van der Waals surface area (Å²) in [5, 5.41) is 1.10. The maximum absolute atomic E-state index is 5.30. The van der Waals surface area contributed by atoms with Gasteiger partial charge in [-0.1, -0.05) is 6.07 Å². The van der Waals surface area contributed by atoms with E-state index in [4.69, 9.17) is 5.84 Å². The lowest BCUT2D eigenvalue weighted by Gasteiger charge is -2.02. The van der Waals surface area contributed by atoms with E-state index in [9.17, 15) is 0 Å². The fourth-order valence-electron chi connectivity index (χ4n) is 1.32. The Hall–Kier alpha value is -1.61. The summed E-state index contributed by atoms with van der Waals surface area (Å²) in [7, 11) is 0. The van der Waals surface area contributed by atoms with Crippen molar-refractivity contribution in [1.29, 1.82) is 0 Å². The molecule has 1 aromatic carbocycles. The predicted octanol–water partition coefficient (Wildman–Crippen LogP) is 1.83. The zero-order chi connectivity index (χ0) is 9.26. The molecule has 0 bridgehead atoms. The molecule has 0 atom stereocenters. The highest BCUT2D eigenvalue weighted by atomic mass is 15.2. The average molecular weight is 173 g/mol. The van der Waals surface area contributed by atoms with Crippen LogP contribution in [0.5, 0.6) is 0 Å².